The molecule has 3 amide bonds. The lowest BCUT2D eigenvalue weighted by Gasteiger charge is -2.31. The summed E-state index contributed by atoms with van der Waals surface area (Å²) in [5.41, 5.74) is 1.63. The number of carbonyl (C=O) groups excluding carboxylic acids is 4. The molecule has 0 spiro atoms. The molecule has 1 aromatic rings. The number of hydrogen-bond donors (Lipinski definition) is 4. The summed E-state index contributed by atoms with van der Waals surface area (Å²) in [4.78, 5) is 53.7. The zero-order valence-corrected chi connectivity index (χ0v) is 24.9. The normalized spacial score (nSPS) is 29.8. The number of allylic oxidation sites excluding steroid dienone is 2. The number of cyclic esters (lactones) is 1. The highest BCUT2D eigenvalue weighted by atomic mass is 79.9. The van der Waals surface area contributed by atoms with E-state index in [1.165, 1.54) is 18.0 Å². The maximum Gasteiger partial charge on any atom is 0.331 e. The van der Waals surface area contributed by atoms with Gasteiger partial charge in [-0.05, 0) is 73.2 Å². The number of carbonyl (C=O) groups is 4. The Morgan fingerprint density at radius 2 is 1.74 bits per heavy atom. The Morgan fingerprint density at radius 3 is 2.36 bits per heavy atom. The van der Waals surface area contributed by atoms with Crippen molar-refractivity contribution in [3.8, 4) is 5.75 Å². The molecule has 0 radical (unpaired) electrons. The first-order valence-electron chi connectivity index (χ1n) is 13.1. The van der Waals surface area contributed by atoms with Gasteiger partial charge in [0.25, 0.3) is 0 Å². The van der Waals surface area contributed by atoms with Crippen molar-refractivity contribution < 1.29 is 34.1 Å². The van der Waals surface area contributed by atoms with Gasteiger partial charge in [0.1, 0.15) is 17.8 Å². The van der Waals surface area contributed by atoms with E-state index in [1.54, 1.807) is 32.9 Å². The Labute approximate surface area is 238 Å². The molecule has 216 valence electrons. The van der Waals surface area contributed by atoms with Gasteiger partial charge >= 0.3 is 5.97 Å². The summed E-state index contributed by atoms with van der Waals surface area (Å²) in [5.74, 6) is -2.57. The van der Waals surface area contributed by atoms with Crippen LogP contribution in [0.5, 0.6) is 5.75 Å². The summed E-state index contributed by atoms with van der Waals surface area (Å²) < 4.78 is 5.93. The van der Waals surface area contributed by atoms with Crippen LogP contribution in [0.25, 0.3) is 0 Å². The highest BCUT2D eigenvalue weighted by Gasteiger charge is 2.34. The summed E-state index contributed by atoms with van der Waals surface area (Å²) in [6.07, 6.45) is 2.58. The molecule has 0 fully saturated rings. The van der Waals surface area contributed by atoms with Gasteiger partial charge in [0.2, 0.25) is 17.7 Å². The van der Waals surface area contributed by atoms with Crippen molar-refractivity contribution in [1.82, 2.24) is 15.5 Å². The van der Waals surface area contributed by atoms with Crippen molar-refractivity contribution in [3.05, 3.63) is 39.9 Å². The lowest BCUT2D eigenvalue weighted by molar-refractivity contribution is -0.154. The predicted octanol–water partition coefficient (Wildman–Crippen LogP) is 2.45. The third kappa shape index (κ3) is 9.35. The number of aliphatic hydroxyl groups excluding tert-OH is 1. The molecule has 1 aromatic carbocycles. The number of aliphatic hydroxyl groups is 1. The van der Waals surface area contributed by atoms with Crippen LogP contribution in [0.4, 0.5) is 0 Å². The van der Waals surface area contributed by atoms with E-state index in [0.29, 0.717) is 22.9 Å². The Kier molecular flexibility index (Phi) is 12.0. The van der Waals surface area contributed by atoms with Gasteiger partial charge in [-0.3, -0.25) is 14.4 Å². The summed E-state index contributed by atoms with van der Waals surface area (Å²) in [6.45, 7) is 8.29. The zero-order valence-electron chi connectivity index (χ0n) is 23.4. The zero-order chi connectivity index (χ0) is 29.4. The number of benzene rings is 1. The monoisotopic (exact) mass is 609 g/mol. The molecule has 0 saturated heterocycles. The fourth-order valence-electron chi connectivity index (χ4n) is 4.68. The summed E-state index contributed by atoms with van der Waals surface area (Å²) in [6, 6.07) is 1.33. The number of likely N-dealkylation sites (N-methyl/N-ethyl adjacent to an activating group) is 1. The molecule has 2 rings (SSSR count). The van der Waals surface area contributed by atoms with Gasteiger partial charge in [-0.1, -0.05) is 31.6 Å². The topological polar surface area (TPSA) is 145 Å². The number of halogens is 1. The fraction of sp³-hybridized carbons (Fsp3) is 0.571. The van der Waals surface area contributed by atoms with Crippen LogP contribution in [-0.2, 0) is 30.3 Å². The van der Waals surface area contributed by atoms with Crippen LogP contribution in [0.15, 0.2) is 34.3 Å². The Morgan fingerprint density at radius 1 is 1.08 bits per heavy atom. The Bertz CT molecular complexity index is 1090. The van der Waals surface area contributed by atoms with E-state index in [-0.39, 0.29) is 29.9 Å². The van der Waals surface area contributed by atoms with E-state index in [0.717, 1.165) is 5.57 Å². The molecule has 6 atom stereocenters. The minimum atomic E-state index is -1.33. The van der Waals surface area contributed by atoms with Crippen LogP contribution in [0.1, 0.15) is 53.0 Å². The van der Waals surface area contributed by atoms with Crippen molar-refractivity contribution >= 4 is 39.6 Å². The molecule has 1 aliphatic heterocycles. The number of amides is 3. The maximum atomic E-state index is 13.4. The van der Waals surface area contributed by atoms with Crippen LogP contribution in [0.3, 0.4) is 0 Å². The molecular formula is C28H40BrN3O7. The molecule has 0 aliphatic carbocycles. The number of esters is 1. The average molecular weight is 611 g/mol. The van der Waals surface area contributed by atoms with Gasteiger partial charge < -0.3 is 30.5 Å². The number of ether oxygens (including phenoxy) is 1. The van der Waals surface area contributed by atoms with Crippen molar-refractivity contribution in [3.63, 3.8) is 0 Å². The number of hydrogen-bond acceptors (Lipinski definition) is 7. The van der Waals surface area contributed by atoms with Crippen LogP contribution >= 0.6 is 15.9 Å². The molecule has 10 nitrogen and oxygen atoms in total. The van der Waals surface area contributed by atoms with Crippen LogP contribution < -0.4 is 10.6 Å². The van der Waals surface area contributed by atoms with Gasteiger partial charge in [0.05, 0.1) is 17.2 Å². The van der Waals surface area contributed by atoms with Gasteiger partial charge in [-0.25, -0.2) is 4.79 Å². The highest BCUT2D eigenvalue weighted by molar-refractivity contribution is 9.10. The van der Waals surface area contributed by atoms with E-state index in [9.17, 15) is 29.4 Å². The van der Waals surface area contributed by atoms with Crippen LogP contribution in [-0.4, -0.2) is 76.7 Å². The minimum Gasteiger partial charge on any atom is -0.507 e. The quantitative estimate of drug-likeness (QED) is 0.304. The van der Waals surface area contributed by atoms with E-state index in [2.05, 4.69) is 26.6 Å². The Balaban J connectivity index is 2.44. The van der Waals surface area contributed by atoms with Crippen molar-refractivity contribution in [2.75, 3.05) is 13.7 Å². The van der Waals surface area contributed by atoms with Gasteiger partial charge in [0, 0.05) is 19.4 Å². The Hall–Kier alpha value is -2.92. The summed E-state index contributed by atoms with van der Waals surface area (Å²) in [7, 11) is 1.44. The standard InChI is InChI=1S/C28H40BrN3O7/c1-15-9-16(2)11-18(4)39-28(38)22(14-33)31-26(36)23(13-20-7-8-24(34)21(29)12-20)32(6)27(37)19(5)30-25(35)17(3)10-15/h7-9,12,16-19,22-23,33-34H,10-11,13-14H2,1-6H3,(H,30,35)(H,31,36)/b15-9+/t16-,17-,18-,19-,22?,23+/m0/s1. The second-order valence-corrected chi connectivity index (χ2v) is 11.4. The molecular weight excluding hydrogens is 570 g/mol. The van der Waals surface area contributed by atoms with E-state index >= 15 is 0 Å². The lowest BCUT2D eigenvalue weighted by Crippen LogP contribution is -2.57. The molecule has 4 N–H and O–H groups in total. The number of nitrogens with zero attached hydrogens (tertiary/aromatic N) is 1. The third-order valence-corrected chi connectivity index (χ3v) is 7.37. The molecule has 39 heavy (non-hydrogen) atoms. The number of nitrogens with one attached hydrogen (secondary N) is 2. The smallest absolute Gasteiger partial charge is 0.331 e. The molecule has 11 heteroatoms. The molecule has 1 heterocycles. The van der Waals surface area contributed by atoms with E-state index in [1.807, 2.05) is 19.9 Å². The van der Waals surface area contributed by atoms with Gasteiger partial charge in [-0.2, -0.15) is 0 Å². The number of phenols is 1. The van der Waals surface area contributed by atoms with Gasteiger partial charge in [-0.15, -0.1) is 0 Å². The van der Waals surface area contributed by atoms with Crippen LogP contribution in [0, 0.1) is 11.8 Å². The molecule has 1 unspecified atom stereocenters. The predicted molar refractivity (Wildman–Crippen MR) is 150 cm³/mol. The first-order valence-corrected chi connectivity index (χ1v) is 13.9. The number of rotatable bonds is 3. The highest BCUT2D eigenvalue weighted by Crippen LogP contribution is 2.25. The van der Waals surface area contributed by atoms with Crippen molar-refractivity contribution in [2.24, 2.45) is 11.8 Å². The van der Waals surface area contributed by atoms with E-state index in [4.69, 9.17) is 4.74 Å². The van der Waals surface area contributed by atoms with Crippen LogP contribution in [0.2, 0.25) is 0 Å². The van der Waals surface area contributed by atoms with E-state index < -0.39 is 48.6 Å². The SMILES string of the molecule is C/C1=C\[C@H](C)C[C@H](C)OC(=O)C(CO)NC(=O)[C@@H](Cc2ccc(O)c(Br)c2)N(C)C(=O)[C@H](C)NC(=O)[C@@H](C)C1. The maximum absolute atomic E-state index is 13.4. The summed E-state index contributed by atoms with van der Waals surface area (Å²) >= 11 is 3.25. The van der Waals surface area contributed by atoms with Crippen molar-refractivity contribution in [1.29, 1.82) is 0 Å². The fourth-order valence-corrected chi connectivity index (χ4v) is 5.11. The number of aromatic hydroxyl groups is 1. The first-order chi connectivity index (χ1) is 18.2. The first kappa shape index (κ1) is 32.3. The second kappa shape index (κ2) is 14.5. The third-order valence-electron chi connectivity index (χ3n) is 6.74. The minimum absolute atomic E-state index is 0.0133. The molecule has 0 bridgehead atoms. The lowest BCUT2D eigenvalue weighted by atomic mass is 9.95. The molecule has 0 aromatic heterocycles. The molecule has 1 aliphatic rings. The number of phenolic OH excluding ortho intramolecular Hbond substituents is 1. The largest absolute Gasteiger partial charge is 0.507 e. The van der Waals surface area contributed by atoms with Crippen molar-refractivity contribution in [2.45, 2.75) is 78.1 Å². The second-order valence-electron chi connectivity index (χ2n) is 10.5. The molecule has 0 saturated carbocycles. The average Bonchev–Trinajstić information content (AvgIpc) is 2.85. The summed E-state index contributed by atoms with van der Waals surface area (Å²) in [5, 5.41) is 25.0. The van der Waals surface area contributed by atoms with Gasteiger partial charge in [0.15, 0.2) is 6.04 Å².